The Balaban J connectivity index is 1.93. The number of fused-ring (bicyclic) bond motifs is 1. The van der Waals surface area contributed by atoms with Crippen molar-refractivity contribution in [3.8, 4) is 0 Å². The molecule has 0 aliphatic carbocycles. The monoisotopic (exact) mass is 349 g/mol. The van der Waals surface area contributed by atoms with E-state index in [9.17, 15) is 4.79 Å². The maximum absolute atomic E-state index is 12.8. The van der Waals surface area contributed by atoms with Gasteiger partial charge < -0.3 is 10.1 Å². The Kier molecular flexibility index (Phi) is 4.07. The van der Waals surface area contributed by atoms with Crippen LogP contribution in [0.2, 0.25) is 0 Å². The fourth-order valence-corrected chi connectivity index (χ4v) is 2.99. The van der Waals surface area contributed by atoms with Crippen LogP contribution in [0, 0.1) is 0 Å². The van der Waals surface area contributed by atoms with Crippen molar-refractivity contribution in [1.29, 1.82) is 0 Å². The second-order valence-corrected chi connectivity index (χ2v) is 5.79. The van der Waals surface area contributed by atoms with Crippen molar-refractivity contribution in [2.45, 2.75) is 13.0 Å². The van der Waals surface area contributed by atoms with Gasteiger partial charge in [-0.05, 0) is 46.1 Å². The van der Waals surface area contributed by atoms with Gasteiger partial charge in [0.2, 0.25) is 5.78 Å². The van der Waals surface area contributed by atoms with Crippen LogP contribution in [0.25, 0.3) is 0 Å². The number of anilines is 1. The number of methoxy groups -OCH3 is 1. The van der Waals surface area contributed by atoms with Crippen LogP contribution in [-0.2, 0) is 17.7 Å². The molecule has 0 radical (unpaired) electrons. The number of halogens is 1. The normalized spacial score (nSPS) is 13.0. The van der Waals surface area contributed by atoms with Crippen LogP contribution in [0.5, 0.6) is 0 Å². The molecular weight excluding hydrogens is 334 g/mol. The lowest BCUT2D eigenvalue weighted by Gasteiger charge is -2.08. The van der Waals surface area contributed by atoms with Crippen molar-refractivity contribution in [2.75, 3.05) is 25.6 Å². The molecule has 0 amide bonds. The summed E-state index contributed by atoms with van der Waals surface area (Å²) in [5.74, 6) is -0.0230. The van der Waals surface area contributed by atoms with Crippen molar-refractivity contribution in [3.63, 3.8) is 0 Å². The number of hydrogen-bond donors (Lipinski definition) is 1. The van der Waals surface area contributed by atoms with E-state index in [2.05, 4.69) is 26.3 Å². The van der Waals surface area contributed by atoms with Crippen LogP contribution in [0.4, 0.5) is 5.69 Å². The van der Waals surface area contributed by atoms with Crippen LogP contribution in [-0.4, -0.2) is 35.8 Å². The smallest absolute Gasteiger partial charge is 0.212 e. The summed E-state index contributed by atoms with van der Waals surface area (Å²) < 4.78 is 7.45. The number of carbonyl (C=O) groups excluding carboxylic acids is 1. The number of ether oxygens (including phenoxy) is 1. The topological polar surface area (TPSA) is 56.2 Å². The maximum Gasteiger partial charge on any atom is 0.212 e. The highest BCUT2D eigenvalue weighted by Gasteiger charge is 2.20. The van der Waals surface area contributed by atoms with E-state index in [4.69, 9.17) is 4.74 Å². The quantitative estimate of drug-likeness (QED) is 0.842. The second-order valence-electron chi connectivity index (χ2n) is 4.93. The Bertz CT molecular complexity index is 682. The van der Waals surface area contributed by atoms with Gasteiger partial charge in [0.25, 0.3) is 0 Å². The van der Waals surface area contributed by atoms with E-state index < -0.39 is 0 Å². The SMILES string of the molecule is COCCn1ncc(Br)c1C(=O)c1ccc2c(c1)CCN2. The molecule has 1 N–H and O–H groups in total. The molecule has 1 aromatic carbocycles. The van der Waals surface area contributed by atoms with Gasteiger partial charge in [0.05, 0.1) is 23.8 Å². The van der Waals surface area contributed by atoms with Crippen LogP contribution >= 0.6 is 15.9 Å². The molecule has 1 aliphatic heterocycles. The second kappa shape index (κ2) is 5.99. The molecule has 0 spiro atoms. The Morgan fingerprint density at radius 3 is 3.19 bits per heavy atom. The number of benzene rings is 1. The van der Waals surface area contributed by atoms with E-state index in [1.807, 2.05) is 18.2 Å². The van der Waals surface area contributed by atoms with Crippen molar-refractivity contribution >= 4 is 27.4 Å². The number of ketones is 1. The molecule has 1 aromatic heterocycles. The van der Waals surface area contributed by atoms with E-state index in [0.717, 1.165) is 18.7 Å². The molecule has 0 fully saturated rings. The van der Waals surface area contributed by atoms with Crippen molar-refractivity contribution < 1.29 is 9.53 Å². The van der Waals surface area contributed by atoms with Crippen molar-refractivity contribution in [1.82, 2.24) is 9.78 Å². The molecular formula is C15H16BrN3O2. The highest BCUT2D eigenvalue weighted by atomic mass is 79.9. The summed E-state index contributed by atoms with van der Waals surface area (Å²) in [5, 5.41) is 7.53. The number of carbonyl (C=O) groups is 1. The third kappa shape index (κ3) is 2.73. The highest BCUT2D eigenvalue weighted by Crippen LogP contribution is 2.26. The first-order chi connectivity index (χ1) is 10.2. The van der Waals surface area contributed by atoms with Crippen molar-refractivity contribution in [3.05, 3.63) is 45.7 Å². The lowest BCUT2D eigenvalue weighted by atomic mass is 10.0. The Hall–Kier alpha value is -1.66. The maximum atomic E-state index is 12.8. The molecule has 21 heavy (non-hydrogen) atoms. The molecule has 2 heterocycles. The first kappa shape index (κ1) is 14.3. The molecule has 2 aromatic rings. The van der Waals surface area contributed by atoms with E-state index in [-0.39, 0.29) is 5.78 Å². The largest absolute Gasteiger partial charge is 0.384 e. The zero-order valence-electron chi connectivity index (χ0n) is 11.7. The summed E-state index contributed by atoms with van der Waals surface area (Å²) in [6, 6.07) is 5.80. The van der Waals surface area contributed by atoms with Gasteiger partial charge in [-0.3, -0.25) is 9.48 Å². The van der Waals surface area contributed by atoms with Gasteiger partial charge >= 0.3 is 0 Å². The third-order valence-electron chi connectivity index (χ3n) is 3.59. The van der Waals surface area contributed by atoms with E-state index in [1.165, 1.54) is 5.56 Å². The van der Waals surface area contributed by atoms with Gasteiger partial charge in [0, 0.05) is 24.9 Å². The number of nitrogens with one attached hydrogen (secondary N) is 1. The molecule has 0 saturated carbocycles. The van der Waals surface area contributed by atoms with Crippen LogP contribution in [0.3, 0.4) is 0 Å². The summed E-state index contributed by atoms with van der Waals surface area (Å²) >= 11 is 3.41. The fraction of sp³-hybridized carbons (Fsp3) is 0.333. The molecule has 0 unspecified atom stereocenters. The van der Waals surface area contributed by atoms with Gasteiger partial charge in [-0.1, -0.05) is 0 Å². The van der Waals surface area contributed by atoms with Crippen LogP contribution in [0.15, 0.2) is 28.9 Å². The average molecular weight is 350 g/mol. The van der Waals surface area contributed by atoms with E-state index >= 15 is 0 Å². The predicted octanol–water partition coefficient (Wildman–Crippen LogP) is 2.49. The first-order valence-corrected chi connectivity index (χ1v) is 7.61. The van der Waals surface area contributed by atoms with Gasteiger partial charge in [-0.2, -0.15) is 5.10 Å². The number of hydrogen-bond acceptors (Lipinski definition) is 4. The summed E-state index contributed by atoms with van der Waals surface area (Å²) in [6.07, 6.45) is 2.61. The molecule has 5 nitrogen and oxygen atoms in total. The van der Waals surface area contributed by atoms with E-state index in [0.29, 0.717) is 28.9 Å². The molecule has 0 saturated heterocycles. The number of rotatable bonds is 5. The summed E-state index contributed by atoms with van der Waals surface area (Å²) in [5.41, 5.74) is 3.58. The third-order valence-corrected chi connectivity index (χ3v) is 4.17. The minimum atomic E-state index is -0.0230. The molecule has 0 atom stereocenters. The highest BCUT2D eigenvalue weighted by molar-refractivity contribution is 9.10. The Morgan fingerprint density at radius 2 is 2.38 bits per heavy atom. The van der Waals surface area contributed by atoms with Gasteiger partial charge in [0.1, 0.15) is 5.69 Å². The minimum Gasteiger partial charge on any atom is -0.384 e. The zero-order valence-corrected chi connectivity index (χ0v) is 13.3. The molecule has 110 valence electrons. The molecule has 3 rings (SSSR count). The summed E-state index contributed by atoms with van der Waals surface area (Å²) in [6.45, 7) is 2.00. The predicted molar refractivity (Wildman–Crippen MR) is 83.9 cm³/mol. The standard InChI is InChI=1S/C15H16BrN3O2/c1-21-7-6-19-14(12(16)9-18-19)15(20)11-2-3-13-10(8-11)4-5-17-13/h2-3,8-9,17H,4-7H2,1H3. The van der Waals surface area contributed by atoms with Crippen LogP contribution in [0.1, 0.15) is 21.6 Å². The van der Waals surface area contributed by atoms with Crippen LogP contribution < -0.4 is 5.32 Å². The minimum absolute atomic E-state index is 0.0230. The number of nitrogens with zero attached hydrogens (tertiary/aromatic N) is 2. The number of aromatic nitrogens is 2. The Labute approximate surface area is 131 Å². The Morgan fingerprint density at radius 1 is 1.52 bits per heavy atom. The van der Waals surface area contributed by atoms with E-state index in [1.54, 1.807) is 18.0 Å². The zero-order chi connectivity index (χ0) is 14.8. The van der Waals surface area contributed by atoms with Gasteiger partial charge in [0.15, 0.2) is 0 Å². The van der Waals surface area contributed by atoms with Crippen molar-refractivity contribution in [2.24, 2.45) is 0 Å². The van der Waals surface area contributed by atoms with Gasteiger partial charge in [-0.25, -0.2) is 0 Å². The summed E-state index contributed by atoms with van der Waals surface area (Å²) in [7, 11) is 1.63. The first-order valence-electron chi connectivity index (χ1n) is 6.82. The van der Waals surface area contributed by atoms with Gasteiger partial charge in [-0.15, -0.1) is 0 Å². The lowest BCUT2D eigenvalue weighted by molar-refractivity contribution is 0.102. The molecule has 1 aliphatic rings. The molecule has 0 bridgehead atoms. The molecule has 6 heteroatoms. The summed E-state index contributed by atoms with van der Waals surface area (Å²) in [4.78, 5) is 12.8. The fourth-order valence-electron chi connectivity index (χ4n) is 2.52. The average Bonchev–Trinajstić information content (AvgIpc) is 3.10. The lowest BCUT2D eigenvalue weighted by Crippen LogP contribution is -2.15.